The Hall–Kier alpha value is -2.60. The molecule has 0 aliphatic carbocycles. The normalized spacial score (nSPS) is 34.2. The number of methoxy groups -OCH3 is 1. The highest BCUT2D eigenvalue weighted by atomic mass is 16.5. The molecule has 0 radical (unpaired) electrons. The second-order valence-electron chi connectivity index (χ2n) is 7.22. The van der Waals surface area contributed by atoms with Gasteiger partial charge in [-0.15, -0.1) is 6.58 Å². The minimum absolute atomic E-state index is 0.219. The molecule has 0 saturated carbocycles. The van der Waals surface area contributed by atoms with Crippen LogP contribution in [0.1, 0.15) is 13.3 Å². The molecular weight excluding hydrogens is 334 g/mol. The van der Waals surface area contributed by atoms with Crippen LogP contribution < -0.4 is 9.64 Å². The van der Waals surface area contributed by atoms with Crippen LogP contribution in [0.5, 0.6) is 5.75 Å². The summed E-state index contributed by atoms with van der Waals surface area (Å²) in [6, 6.07) is 6.89. The molecule has 0 aromatic heterocycles. The Labute approximate surface area is 151 Å². The first-order valence-electron chi connectivity index (χ1n) is 8.60. The number of carbonyl (C=O) groups is 2. The topological polar surface area (TPSA) is 76.1 Å². The zero-order valence-corrected chi connectivity index (χ0v) is 14.7. The number of nitrogens with zero attached hydrogens (tertiary/aromatic N) is 1. The van der Waals surface area contributed by atoms with Gasteiger partial charge in [0.05, 0.1) is 25.2 Å². The van der Waals surface area contributed by atoms with E-state index in [1.807, 2.05) is 25.1 Å². The van der Waals surface area contributed by atoms with Crippen molar-refractivity contribution in [2.75, 3.05) is 12.0 Å². The summed E-state index contributed by atoms with van der Waals surface area (Å²) in [5.41, 5.74) is 0.659. The number of carboxylic acid groups (broad SMARTS) is 1. The quantitative estimate of drug-likeness (QED) is 0.821. The Morgan fingerprint density at radius 1 is 1.46 bits per heavy atom. The van der Waals surface area contributed by atoms with Gasteiger partial charge in [-0.25, -0.2) is 0 Å². The van der Waals surface area contributed by atoms with Gasteiger partial charge < -0.3 is 19.5 Å². The predicted octanol–water partition coefficient (Wildman–Crippen LogP) is 2.40. The molecule has 1 N–H and O–H groups in total. The molecule has 1 spiro atoms. The van der Waals surface area contributed by atoms with Crippen LogP contribution in [-0.4, -0.2) is 41.8 Å². The Morgan fingerprint density at radius 2 is 2.23 bits per heavy atom. The van der Waals surface area contributed by atoms with E-state index in [4.69, 9.17) is 9.47 Å². The third kappa shape index (κ3) is 2.15. The summed E-state index contributed by atoms with van der Waals surface area (Å²) in [6.07, 6.45) is 3.64. The second-order valence-corrected chi connectivity index (χ2v) is 7.22. The summed E-state index contributed by atoms with van der Waals surface area (Å²) in [6.45, 7) is 5.89. The van der Waals surface area contributed by atoms with Crippen LogP contribution in [0, 0.1) is 11.8 Å². The van der Waals surface area contributed by atoms with Crippen LogP contribution in [0.4, 0.5) is 5.69 Å². The number of carbonyl (C=O) groups excluding carboxylic acids is 1. The fraction of sp³-hybridized carbons (Fsp3) is 0.400. The number of fused-ring (bicyclic) bond motifs is 1. The van der Waals surface area contributed by atoms with E-state index in [1.54, 1.807) is 30.2 Å². The van der Waals surface area contributed by atoms with Gasteiger partial charge >= 0.3 is 5.97 Å². The molecular formula is C20H21NO5. The maximum atomic E-state index is 13.4. The molecule has 136 valence electrons. The van der Waals surface area contributed by atoms with Crippen LogP contribution in [0.15, 0.2) is 48.6 Å². The van der Waals surface area contributed by atoms with Gasteiger partial charge in [-0.1, -0.05) is 23.8 Å². The maximum Gasteiger partial charge on any atom is 0.310 e. The predicted molar refractivity (Wildman–Crippen MR) is 95.1 cm³/mol. The zero-order chi connectivity index (χ0) is 18.6. The lowest BCUT2D eigenvalue weighted by molar-refractivity contribution is -0.146. The first-order valence-corrected chi connectivity index (χ1v) is 8.60. The fourth-order valence-electron chi connectivity index (χ4n) is 4.58. The number of rotatable bonds is 5. The number of hydrogen-bond acceptors (Lipinski definition) is 4. The van der Waals surface area contributed by atoms with Crippen molar-refractivity contribution >= 4 is 17.6 Å². The minimum Gasteiger partial charge on any atom is -0.497 e. The molecule has 1 aromatic carbocycles. The lowest BCUT2D eigenvalue weighted by atomic mass is 9.74. The second kappa shape index (κ2) is 5.71. The van der Waals surface area contributed by atoms with E-state index in [9.17, 15) is 14.7 Å². The molecule has 3 aliphatic heterocycles. The molecule has 6 heteroatoms. The number of ether oxygens (including phenoxy) is 2. The van der Waals surface area contributed by atoms with Crippen LogP contribution >= 0.6 is 0 Å². The summed E-state index contributed by atoms with van der Waals surface area (Å²) >= 11 is 0. The number of carboxylic acids is 1. The average molecular weight is 355 g/mol. The number of benzene rings is 1. The summed E-state index contributed by atoms with van der Waals surface area (Å²) < 4.78 is 11.4. The smallest absolute Gasteiger partial charge is 0.310 e. The van der Waals surface area contributed by atoms with E-state index in [0.29, 0.717) is 17.9 Å². The molecule has 1 aromatic rings. The van der Waals surface area contributed by atoms with Crippen molar-refractivity contribution in [2.45, 2.75) is 31.1 Å². The van der Waals surface area contributed by atoms with Crippen molar-refractivity contribution in [3.05, 3.63) is 48.6 Å². The van der Waals surface area contributed by atoms with Crippen LogP contribution in [0.25, 0.3) is 0 Å². The van der Waals surface area contributed by atoms with Crippen molar-refractivity contribution in [3.8, 4) is 5.75 Å². The molecule has 6 nitrogen and oxygen atoms in total. The van der Waals surface area contributed by atoms with Gasteiger partial charge in [0.15, 0.2) is 0 Å². The summed E-state index contributed by atoms with van der Waals surface area (Å²) in [4.78, 5) is 26.9. The van der Waals surface area contributed by atoms with Crippen molar-refractivity contribution in [3.63, 3.8) is 0 Å². The Balaban J connectivity index is 1.84. The van der Waals surface area contributed by atoms with Crippen molar-refractivity contribution in [2.24, 2.45) is 11.8 Å². The van der Waals surface area contributed by atoms with Gasteiger partial charge in [0.2, 0.25) is 5.91 Å². The zero-order valence-electron chi connectivity index (χ0n) is 14.7. The Bertz CT molecular complexity index is 831. The third-order valence-corrected chi connectivity index (χ3v) is 5.58. The highest BCUT2D eigenvalue weighted by molar-refractivity contribution is 6.03. The van der Waals surface area contributed by atoms with Crippen LogP contribution in [0.2, 0.25) is 0 Å². The van der Waals surface area contributed by atoms with E-state index < -0.39 is 29.5 Å². The molecule has 2 fully saturated rings. The average Bonchev–Trinajstić information content (AvgIpc) is 3.24. The van der Waals surface area contributed by atoms with Crippen molar-refractivity contribution in [1.82, 2.24) is 0 Å². The first-order chi connectivity index (χ1) is 12.4. The molecule has 2 saturated heterocycles. The van der Waals surface area contributed by atoms with Gasteiger partial charge in [-0.2, -0.15) is 0 Å². The van der Waals surface area contributed by atoms with E-state index in [0.717, 1.165) is 5.57 Å². The van der Waals surface area contributed by atoms with Gasteiger partial charge in [0.25, 0.3) is 0 Å². The monoisotopic (exact) mass is 355 g/mol. The van der Waals surface area contributed by atoms with E-state index in [-0.39, 0.29) is 11.9 Å². The Morgan fingerprint density at radius 3 is 2.88 bits per heavy atom. The summed E-state index contributed by atoms with van der Waals surface area (Å²) in [5.74, 6) is -2.18. The summed E-state index contributed by atoms with van der Waals surface area (Å²) in [5, 5.41) is 9.68. The molecule has 2 bridgehead atoms. The van der Waals surface area contributed by atoms with Crippen LogP contribution in [-0.2, 0) is 14.3 Å². The van der Waals surface area contributed by atoms with E-state index >= 15 is 0 Å². The molecule has 5 atom stereocenters. The maximum absolute atomic E-state index is 13.4. The lowest BCUT2D eigenvalue weighted by Gasteiger charge is -2.33. The molecule has 3 aliphatic rings. The largest absolute Gasteiger partial charge is 0.497 e. The van der Waals surface area contributed by atoms with Gasteiger partial charge in [0, 0.05) is 11.8 Å². The van der Waals surface area contributed by atoms with E-state index in [1.165, 1.54) is 0 Å². The van der Waals surface area contributed by atoms with Gasteiger partial charge in [-0.3, -0.25) is 9.59 Å². The highest BCUT2D eigenvalue weighted by Gasteiger charge is 2.71. The van der Waals surface area contributed by atoms with Gasteiger partial charge in [0.1, 0.15) is 17.3 Å². The minimum atomic E-state index is -0.999. The lowest BCUT2D eigenvalue weighted by Crippen LogP contribution is -2.45. The standard InChI is InChI=1S/C20H21NO5/c1-11(2)9-15-20-8-7-14(26-20)16(19(23)24)17(20)18(22)21(15)12-5-4-6-13(10-12)25-3/h4-8,10,14-17H,1,9H2,2-3H3,(H,23,24)/t14-,15+,16+,17-,20+/m1/s1. The highest BCUT2D eigenvalue weighted by Crippen LogP contribution is 2.56. The number of hydrogen-bond donors (Lipinski definition) is 1. The number of amides is 1. The number of aliphatic carboxylic acids is 1. The molecule has 1 amide bonds. The molecule has 0 unspecified atom stereocenters. The van der Waals surface area contributed by atoms with Crippen molar-refractivity contribution < 1.29 is 24.2 Å². The Kier molecular flexibility index (Phi) is 3.70. The third-order valence-electron chi connectivity index (χ3n) is 5.58. The SMILES string of the molecule is C=C(C)C[C@@H]1N(c2cccc(OC)c2)C(=O)[C@H]2[C@@H](C(=O)O)[C@H]3C=C[C@]12O3. The molecule has 3 heterocycles. The summed E-state index contributed by atoms with van der Waals surface area (Å²) in [7, 11) is 1.57. The fourth-order valence-corrected chi connectivity index (χ4v) is 4.58. The number of anilines is 1. The first kappa shape index (κ1) is 16.8. The molecule has 4 rings (SSSR count). The van der Waals surface area contributed by atoms with E-state index in [2.05, 4.69) is 6.58 Å². The van der Waals surface area contributed by atoms with Crippen LogP contribution in [0.3, 0.4) is 0 Å². The van der Waals surface area contributed by atoms with Crippen molar-refractivity contribution in [1.29, 1.82) is 0 Å². The van der Waals surface area contributed by atoms with Gasteiger partial charge in [-0.05, 0) is 25.5 Å². The molecule has 26 heavy (non-hydrogen) atoms.